The standard InChI is InChI=1S/C23H22F3NO6S/c1-31-19-8-6-15(12-21(19)32-2)10-11-27-22(28)20-9-7-17(33-20)14-34(29,30)18-5-3-4-16(13-18)23(24,25)26/h3-9,12-13H,10-11,14H2,1-2H3,(H,27,28). The predicted molar refractivity (Wildman–Crippen MR) is 117 cm³/mol. The Bertz CT molecular complexity index is 1270. The Morgan fingerprint density at radius 3 is 2.41 bits per heavy atom. The van der Waals surface area contributed by atoms with E-state index in [0.29, 0.717) is 24.0 Å². The van der Waals surface area contributed by atoms with Gasteiger partial charge in [-0.1, -0.05) is 12.1 Å². The number of carbonyl (C=O) groups is 1. The minimum Gasteiger partial charge on any atom is -0.493 e. The van der Waals surface area contributed by atoms with Gasteiger partial charge < -0.3 is 19.2 Å². The number of hydrogen-bond acceptors (Lipinski definition) is 6. The molecule has 0 aliphatic heterocycles. The monoisotopic (exact) mass is 497 g/mol. The molecule has 0 radical (unpaired) electrons. The van der Waals surface area contributed by atoms with Gasteiger partial charge in [-0.05, 0) is 54.4 Å². The van der Waals surface area contributed by atoms with E-state index in [0.717, 1.165) is 23.8 Å². The van der Waals surface area contributed by atoms with Gasteiger partial charge in [0.2, 0.25) is 0 Å². The molecule has 0 aliphatic carbocycles. The molecule has 34 heavy (non-hydrogen) atoms. The van der Waals surface area contributed by atoms with E-state index in [1.165, 1.54) is 26.4 Å². The molecule has 0 fully saturated rings. The molecule has 0 bridgehead atoms. The van der Waals surface area contributed by atoms with E-state index in [1.807, 2.05) is 6.07 Å². The lowest BCUT2D eigenvalue weighted by molar-refractivity contribution is -0.137. The molecule has 0 saturated heterocycles. The van der Waals surface area contributed by atoms with Gasteiger partial charge in [0.25, 0.3) is 5.91 Å². The molecule has 0 saturated carbocycles. The highest BCUT2D eigenvalue weighted by Gasteiger charge is 2.32. The van der Waals surface area contributed by atoms with E-state index >= 15 is 0 Å². The first kappa shape index (κ1) is 25.2. The van der Waals surface area contributed by atoms with Gasteiger partial charge in [0.15, 0.2) is 27.1 Å². The summed E-state index contributed by atoms with van der Waals surface area (Å²) in [4.78, 5) is 11.9. The number of carbonyl (C=O) groups excluding carboxylic acids is 1. The van der Waals surface area contributed by atoms with Crippen LogP contribution in [0.3, 0.4) is 0 Å². The number of benzene rings is 2. The highest BCUT2D eigenvalue weighted by molar-refractivity contribution is 7.90. The topological polar surface area (TPSA) is 94.8 Å². The van der Waals surface area contributed by atoms with E-state index in [1.54, 1.807) is 12.1 Å². The first-order chi connectivity index (χ1) is 16.0. The fourth-order valence-electron chi connectivity index (χ4n) is 3.16. The summed E-state index contributed by atoms with van der Waals surface area (Å²) >= 11 is 0. The molecule has 1 amide bonds. The van der Waals surface area contributed by atoms with Crippen molar-refractivity contribution in [3.05, 3.63) is 77.2 Å². The maximum Gasteiger partial charge on any atom is 0.416 e. The summed E-state index contributed by atoms with van der Waals surface area (Å²) in [5.41, 5.74) is -0.173. The van der Waals surface area contributed by atoms with Crippen molar-refractivity contribution in [3.63, 3.8) is 0 Å². The molecule has 0 atom stereocenters. The van der Waals surface area contributed by atoms with E-state index in [4.69, 9.17) is 13.9 Å². The number of halogens is 3. The van der Waals surface area contributed by atoms with E-state index in [9.17, 15) is 26.4 Å². The minimum atomic E-state index is -4.67. The Hall–Kier alpha value is -3.47. The maximum absolute atomic E-state index is 12.9. The summed E-state index contributed by atoms with van der Waals surface area (Å²) in [5, 5.41) is 2.67. The summed E-state index contributed by atoms with van der Waals surface area (Å²) in [6.45, 7) is 0.271. The van der Waals surface area contributed by atoms with Crippen molar-refractivity contribution >= 4 is 15.7 Å². The second-order valence-corrected chi connectivity index (χ2v) is 9.24. The van der Waals surface area contributed by atoms with Crippen LogP contribution in [0.5, 0.6) is 11.5 Å². The molecule has 0 spiro atoms. The zero-order valence-electron chi connectivity index (χ0n) is 18.3. The highest BCUT2D eigenvalue weighted by Crippen LogP contribution is 2.31. The van der Waals surface area contributed by atoms with Crippen molar-refractivity contribution in [3.8, 4) is 11.5 Å². The Morgan fingerprint density at radius 1 is 1.00 bits per heavy atom. The number of rotatable bonds is 9. The summed E-state index contributed by atoms with van der Waals surface area (Å²) in [7, 11) is -1.07. The van der Waals surface area contributed by atoms with E-state index < -0.39 is 38.1 Å². The van der Waals surface area contributed by atoms with Gasteiger partial charge in [-0.3, -0.25) is 4.79 Å². The molecular weight excluding hydrogens is 475 g/mol. The van der Waals surface area contributed by atoms with Crippen molar-refractivity contribution in [2.24, 2.45) is 0 Å². The third kappa shape index (κ3) is 6.10. The van der Waals surface area contributed by atoms with Crippen molar-refractivity contribution in [1.82, 2.24) is 5.32 Å². The average molecular weight is 497 g/mol. The Morgan fingerprint density at radius 2 is 1.74 bits per heavy atom. The van der Waals surface area contributed by atoms with Crippen LogP contribution < -0.4 is 14.8 Å². The molecule has 1 aromatic heterocycles. The second kappa shape index (κ2) is 10.2. The van der Waals surface area contributed by atoms with E-state index in [2.05, 4.69) is 5.32 Å². The Labute approximate surface area is 194 Å². The van der Waals surface area contributed by atoms with E-state index in [-0.39, 0.29) is 18.1 Å². The number of nitrogens with one attached hydrogen (secondary N) is 1. The fraction of sp³-hybridized carbons (Fsp3) is 0.261. The fourth-order valence-corrected chi connectivity index (χ4v) is 4.45. The van der Waals surface area contributed by atoms with Gasteiger partial charge >= 0.3 is 6.18 Å². The van der Waals surface area contributed by atoms with Crippen molar-refractivity contribution < 1.29 is 40.3 Å². The number of methoxy groups -OCH3 is 2. The summed E-state index contributed by atoms with van der Waals surface area (Å²) < 4.78 is 79.5. The molecule has 182 valence electrons. The number of hydrogen-bond donors (Lipinski definition) is 1. The van der Waals surface area contributed by atoms with Crippen LogP contribution in [0.25, 0.3) is 0 Å². The zero-order chi connectivity index (χ0) is 24.9. The second-order valence-electron chi connectivity index (χ2n) is 7.25. The van der Waals surface area contributed by atoms with Crippen LogP contribution in [0.15, 0.2) is 63.9 Å². The molecule has 1 N–H and O–H groups in total. The number of ether oxygens (including phenoxy) is 2. The lowest BCUT2D eigenvalue weighted by Crippen LogP contribution is -2.25. The van der Waals surface area contributed by atoms with Gasteiger partial charge in [-0.15, -0.1) is 0 Å². The maximum atomic E-state index is 12.9. The lowest BCUT2D eigenvalue weighted by atomic mass is 10.1. The van der Waals surface area contributed by atoms with Gasteiger partial charge in [-0.2, -0.15) is 13.2 Å². The molecule has 7 nitrogen and oxygen atoms in total. The molecular formula is C23H22F3NO6S. The Kier molecular flexibility index (Phi) is 7.55. The third-order valence-corrected chi connectivity index (χ3v) is 6.52. The molecule has 1 heterocycles. The smallest absolute Gasteiger partial charge is 0.416 e. The first-order valence-electron chi connectivity index (χ1n) is 10.0. The van der Waals surface area contributed by atoms with Gasteiger partial charge in [0.1, 0.15) is 11.5 Å². The van der Waals surface area contributed by atoms with Crippen LogP contribution in [0.2, 0.25) is 0 Å². The largest absolute Gasteiger partial charge is 0.493 e. The van der Waals surface area contributed by atoms with Crippen LogP contribution in [-0.2, 0) is 28.2 Å². The van der Waals surface area contributed by atoms with Crippen LogP contribution in [0, 0.1) is 0 Å². The van der Waals surface area contributed by atoms with Crippen LogP contribution in [-0.4, -0.2) is 35.1 Å². The van der Waals surface area contributed by atoms with Gasteiger partial charge in [-0.25, -0.2) is 8.42 Å². The molecule has 3 rings (SSSR count). The molecule has 0 unspecified atom stereocenters. The van der Waals surface area contributed by atoms with Crippen LogP contribution >= 0.6 is 0 Å². The van der Waals surface area contributed by atoms with Crippen molar-refractivity contribution in [2.75, 3.05) is 20.8 Å². The SMILES string of the molecule is COc1ccc(CCNC(=O)c2ccc(CS(=O)(=O)c3cccc(C(F)(F)F)c3)o2)cc1OC. The number of amides is 1. The number of sulfone groups is 1. The Balaban J connectivity index is 1.61. The molecule has 3 aromatic rings. The zero-order valence-corrected chi connectivity index (χ0v) is 19.1. The van der Waals surface area contributed by atoms with Crippen molar-refractivity contribution in [1.29, 1.82) is 0 Å². The molecule has 0 aliphatic rings. The van der Waals surface area contributed by atoms with Crippen molar-refractivity contribution in [2.45, 2.75) is 23.2 Å². The summed E-state index contributed by atoms with van der Waals surface area (Å²) in [6, 6.07) is 11.4. The lowest BCUT2D eigenvalue weighted by Gasteiger charge is -2.10. The summed E-state index contributed by atoms with van der Waals surface area (Å²) in [5.74, 6) is -0.276. The average Bonchev–Trinajstić information content (AvgIpc) is 3.26. The predicted octanol–water partition coefficient (Wildman–Crippen LogP) is 4.26. The number of alkyl halides is 3. The molecule has 11 heteroatoms. The van der Waals surface area contributed by atoms with Gasteiger partial charge in [0.05, 0.1) is 24.7 Å². The highest BCUT2D eigenvalue weighted by atomic mass is 32.2. The molecule has 2 aromatic carbocycles. The minimum absolute atomic E-state index is 0.0672. The normalized spacial score (nSPS) is 11.8. The van der Waals surface area contributed by atoms with Gasteiger partial charge in [0, 0.05) is 6.54 Å². The first-order valence-corrected chi connectivity index (χ1v) is 11.7. The quantitative estimate of drug-likeness (QED) is 0.475. The van der Waals surface area contributed by atoms with Crippen LogP contribution in [0.4, 0.5) is 13.2 Å². The number of furan rings is 1. The third-order valence-electron chi connectivity index (χ3n) is 4.89. The van der Waals surface area contributed by atoms with Crippen LogP contribution in [0.1, 0.15) is 27.4 Å². The summed E-state index contributed by atoms with van der Waals surface area (Å²) in [6.07, 6.45) is -4.18.